The van der Waals surface area contributed by atoms with Crippen LogP contribution in [0.2, 0.25) is 0 Å². The Hall–Kier alpha value is -2.44. The summed E-state index contributed by atoms with van der Waals surface area (Å²) >= 11 is 0. The molecule has 0 unspecified atom stereocenters. The number of nitrogens with one attached hydrogen (secondary N) is 1. The Balaban J connectivity index is 1.95. The summed E-state index contributed by atoms with van der Waals surface area (Å²) in [5.74, 6) is -1.01. The van der Waals surface area contributed by atoms with Gasteiger partial charge in [-0.1, -0.05) is 0 Å². The lowest BCUT2D eigenvalue weighted by Crippen LogP contribution is -2.40. The van der Waals surface area contributed by atoms with Gasteiger partial charge in [0, 0.05) is 19.1 Å². The molecule has 0 aliphatic heterocycles. The fourth-order valence-corrected chi connectivity index (χ4v) is 2.28. The maximum atomic E-state index is 12.3. The van der Waals surface area contributed by atoms with Crippen LogP contribution in [0.3, 0.4) is 0 Å². The molecule has 0 saturated heterocycles. The topological polar surface area (TPSA) is 105 Å². The van der Waals surface area contributed by atoms with E-state index < -0.39 is 11.6 Å². The maximum absolute atomic E-state index is 12.3. The monoisotopic (exact) mass is 335 g/mol. The lowest BCUT2D eigenvalue weighted by Gasteiger charge is -2.27. The zero-order chi connectivity index (χ0) is 17.9. The van der Waals surface area contributed by atoms with Gasteiger partial charge in [-0.3, -0.25) is 0 Å². The molecule has 1 aromatic carbocycles. The zero-order valence-corrected chi connectivity index (χ0v) is 14.3. The Morgan fingerprint density at radius 3 is 2.58 bits per heavy atom. The highest BCUT2D eigenvalue weighted by Crippen LogP contribution is 2.28. The molecular formula is C17H25N3O4. The number of carboxylic acid groups (broad SMARTS) is 1. The van der Waals surface area contributed by atoms with Crippen LogP contribution in [0.4, 0.5) is 16.2 Å². The standard InChI is InChI=1S/C17H25N3O4/c1-17(2,3)24-16(23)20(12-5-6-12)9-8-19-14-10-11(15(21)22)4-7-13(14)18/h4,7,10,12,19H,5-6,8-9,18H2,1-3H3,(H,21,22). The van der Waals surface area contributed by atoms with E-state index in [-0.39, 0.29) is 17.7 Å². The van der Waals surface area contributed by atoms with Crippen molar-refractivity contribution in [2.75, 3.05) is 24.1 Å². The highest BCUT2D eigenvalue weighted by molar-refractivity contribution is 5.90. The molecule has 24 heavy (non-hydrogen) atoms. The van der Waals surface area contributed by atoms with E-state index >= 15 is 0 Å². The van der Waals surface area contributed by atoms with E-state index in [1.54, 1.807) is 11.0 Å². The first-order valence-corrected chi connectivity index (χ1v) is 8.03. The Morgan fingerprint density at radius 1 is 1.38 bits per heavy atom. The van der Waals surface area contributed by atoms with Crippen LogP contribution < -0.4 is 11.1 Å². The molecule has 2 rings (SSSR count). The van der Waals surface area contributed by atoms with Crippen molar-refractivity contribution >= 4 is 23.4 Å². The first-order valence-electron chi connectivity index (χ1n) is 8.03. The minimum absolute atomic E-state index is 0.165. The molecule has 1 saturated carbocycles. The van der Waals surface area contributed by atoms with Crippen molar-refractivity contribution in [3.05, 3.63) is 23.8 Å². The molecule has 0 atom stereocenters. The third-order valence-corrected chi connectivity index (χ3v) is 3.58. The van der Waals surface area contributed by atoms with E-state index in [1.165, 1.54) is 12.1 Å². The number of carboxylic acids is 1. The van der Waals surface area contributed by atoms with Crippen molar-refractivity contribution < 1.29 is 19.4 Å². The van der Waals surface area contributed by atoms with Crippen molar-refractivity contribution in [1.82, 2.24) is 4.90 Å². The molecule has 1 fully saturated rings. The number of rotatable bonds is 6. The van der Waals surface area contributed by atoms with Gasteiger partial charge in [-0.15, -0.1) is 0 Å². The normalized spacial score (nSPS) is 14.1. The predicted molar refractivity (Wildman–Crippen MR) is 92.3 cm³/mol. The number of nitrogens with zero attached hydrogens (tertiary/aromatic N) is 1. The molecule has 4 N–H and O–H groups in total. The number of benzene rings is 1. The minimum atomic E-state index is -1.01. The molecule has 1 aliphatic carbocycles. The maximum Gasteiger partial charge on any atom is 0.410 e. The number of carbonyl (C=O) groups excluding carboxylic acids is 1. The zero-order valence-electron chi connectivity index (χ0n) is 14.3. The Kier molecular flexibility index (Phi) is 5.21. The number of aromatic carboxylic acids is 1. The number of hydrogen-bond donors (Lipinski definition) is 3. The second-order valence-electron chi connectivity index (χ2n) is 6.94. The van der Waals surface area contributed by atoms with Crippen LogP contribution in [0.1, 0.15) is 44.0 Å². The molecular weight excluding hydrogens is 310 g/mol. The molecule has 1 aliphatic rings. The van der Waals surface area contributed by atoms with Crippen LogP contribution in [0, 0.1) is 0 Å². The molecule has 7 heteroatoms. The van der Waals surface area contributed by atoms with Crippen LogP contribution in [0.25, 0.3) is 0 Å². The summed E-state index contributed by atoms with van der Waals surface area (Å²) in [4.78, 5) is 25.0. The van der Waals surface area contributed by atoms with E-state index in [0.717, 1.165) is 12.8 Å². The van der Waals surface area contributed by atoms with Gasteiger partial charge in [-0.25, -0.2) is 9.59 Å². The van der Waals surface area contributed by atoms with Crippen LogP contribution >= 0.6 is 0 Å². The molecule has 1 amide bonds. The number of nitrogen functional groups attached to an aromatic ring is 1. The van der Waals surface area contributed by atoms with Gasteiger partial charge in [0.05, 0.1) is 16.9 Å². The van der Waals surface area contributed by atoms with Crippen molar-refractivity contribution in [2.24, 2.45) is 0 Å². The van der Waals surface area contributed by atoms with Gasteiger partial charge in [-0.2, -0.15) is 0 Å². The molecule has 0 aromatic heterocycles. The second kappa shape index (κ2) is 6.98. The summed E-state index contributed by atoms with van der Waals surface area (Å²) < 4.78 is 5.44. The van der Waals surface area contributed by atoms with E-state index in [1.807, 2.05) is 20.8 Å². The van der Waals surface area contributed by atoms with E-state index in [0.29, 0.717) is 24.5 Å². The van der Waals surface area contributed by atoms with E-state index in [9.17, 15) is 9.59 Å². The van der Waals surface area contributed by atoms with Crippen molar-refractivity contribution in [2.45, 2.75) is 45.3 Å². The number of nitrogens with two attached hydrogens (primary N) is 1. The molecule has 0 heterocycles. The third-order valence-electron chi connectivity index (χ3n) is 3.58. The fraction of sp³-hybridized carbons (Fsp3) is 0.529. The summed E-state index contributed by atoms with van der Waals surface area (Å²) in [5, 5.41) is 12.1. The summed E-state index contributed by atoms with van der Waals surface area (Å²) in [6, 6.07) is 4.73. The van der Waals surface area contributed by atoms with Crippen molar-refractivity contribution in [1.29, 1.82) is 0 Å². The number of hydrogen-bond acceptors (Lipinski definition) is 5. The summed E-state index contributed by atoms with van der Waals surface area (Å²) in [6.07, 6.45) is 1.64. The minimum Gasteiger partial charge on any atom is -0.478 e. The quantitative estimate of drug-likeness (QED) is 0.690. The number of carbonyl (C=O) groups is 2. The fourth-order valence-electron chi connectivity index (χ4n) is 2.28. The van der Waals surface area contributed by atoms with Gasteiger partial charge in [0.2, 0.25) is 0 Å². The van der Waals surface area contributed by atoms with Crippen LogP contribution in [0.15, 0.2) is 18.2 Å². The third kappa shape index (κ3) is 5.04. The summed E-state index contributed by atoms with van der Waals surface area (Å²) in [7, 11) is 0. The van der Waals surface area contributed by atoms with Gasteiger partial charge in [0.25, 0.3) is 0 Å². The van der Waals surface area contributed by atoms with E-state index in [4.69, 9.17) is 15.6 Å². The van der Waals surface area contributed by atoms with Gasteiger partial charge in [0.15, 0.2) is 0 Å². The molecule has 1 aromatic rings. The number of anilines is 2. The Morgan fingerprint density at radius 2 is 2.04 bits per heavy atom. The second-order valence-corrected chi connectivity index (χ2v) is 6.94. The lowest BCUT2D eigenvalue weighted by molar-refractivity contribution is 0.0241. The predicted octanol–water partition coefficient (Wildman–Crippen LogP) is 2.78. The first kappa shape index (κ1) is 17.9. The first-order chi connectivity index (χ1) is 11.2. The van der Waals surface area contributed by atoms with E-state index in [2.05, 4.69) is 5.32 Å². The van der Waals surface area contributed by atoms with Crippen molar-refractivity contribution in [3.63, 3.8) is 0 Å². The smallest absolute Gasteiger partial charge is 0.410 e. The van der Waals surface area contributed by atoms with Crippen LogP contribution in [-0.4, -0.2) is 46.8 Å². The van der Waals surface area contributed by atoms with Crippen molar-refractivity contribution in [3.8, 4) is 0 Å². The SMILES string of the molecule is CC(C)(C)OC(=O)N(CCNc1cc(C(=O)O)ccc1N)C1CC1. The highest BCUT2D eigenvalue weighted by atomic mass is 16.6. The van der Waals surface area contributed by atoms with Crippen LogP contribution in [0.5, 0.6) is 0 Å². The molecule has 0 radical (unpaired) electrons. The van der Waals surface area contributed by atoms with Crippen LogP contribution in [-0.2, 0) is 4.74 Å². The highest BCUT2D eigenvalue weighted by Gasteiger charge is 2.34. The number of amides is 1. The van der Waals surface area contributed by atoms with Gasteiger partial charge in [-0.05, 0) is 51.8 Å². The summed E-state index contributed by atoms with van der Waals surface area (Å²) in [5.41, 5.74) is 6.51. The largest absolute Gasteiger partial charge is 0.478 e. The number of ether oxygens (including phenoxy) is 1. The average Bonchev–Trinajstić information content (AvgIpc) is 3.27. The lowest BCUT2D eigenvalue weighted by atomic mass is 10.1. The Bertz CT molecular complexity index is 621. The molecule has 7 nitrogen and oxygen atoms in total. The Labute approximate surface area is 141 Å². The van der Waals surface area contributed by atoms with Gasteiger partial charge >= 0.3 is 12.1 Å². The van der Waals surface area contributed by atoms with Gasteiger partial charge in [0.1, 0.15) is 5.60 Å². The summed E-state index contributed by atoms with van der Waals surface area (Å²) in [6.45, 7) is 6.45. The average molecular weight is 335 g/mol. The molecule has 0 spiro atoms. The van der Waals surface area contributed by atoms with Gasteiger partial charge < -0.3 is 25.8 Å². The molecule has 0 bridgehead atoms. The molecule has 132 valence electrons.